The molecule has 0 aromatic carbocycles. The average molecular weight is 266 g/mol. The molecule has 0 amide bonds. The van der Waals surface area contributed by atoms with Gasteiger partial charge in [-0.3, -0.25) is 4.90 Å². The van der Waals surface area contributed by atoms with Crippen molar-refractivity contribution in [1.29, 1.82) is 0 Å². The highest BCUT2D eigenvalue weighted by atomic mass is 15.2. The first-order valence-corrected chi connectivity index (χ1v) is 8.79. The normalized spacial score (nSPS) is 30.6. The second-order valence-corrected chi connectivity index (χ2v) is 6.73. The molecule has 2 heterocycles. The van der Waals surface area contributed by atoms with Gasteiger partial charge in [-0.15, -0.1) is 0 Å². The molecular formula is C17H34N2. The van der Waals surface area contributed by atoms with E-state index in [1.165, 1.54) is 77.5 Å². The molecule has 3 unspecified atom stereocenters. The van der Waals surface area contributed by atoms with E-state index in [0.717, 1.165) is 17.9 Å². The number of nitrogens with one attached hydrogen (secondary N) is 1. The quantitative estimate of drug-likeness (QED) is 0.756. The lowest BCUT2D eigenvalue weighted by Gasteiger charge is -2.36. The van der Waals surface area contributed by atoms with Crippen molar-refractivity contribution in [2.24, 2.45) is 11.8 Å². The van der Waals surface area contributed by atoms with E-state index in [1.54, 1.807) is 0 Å². The van der Waals surface area contributed by atoms with Gasteiger partial charge in [0.1, 0.15) is 0 Å². The fraction of sp³-hybridized carbons (Fsp3) is 1.00. The molecule has 2 fully saturated rings. The fourth-order valence-corrected chi connectivity index (χ4v) is 4.07. The summed E-state index contributed by atoms with van der Waals surface area (Å²) in [7, 11) is 0. The van der Waals surface area contributed by atoms with Crippen LogP contribution in [-0.2, 0) is 0 Å². The Hall–Kier alpha value is -0.0800. The summed E-state index contributed by atoms with van der Waals surface area (Å²) in [5.74, 6) is 1.87. The zero-order valence-corrected chi connectivity index (χ0v) is 13.2. The molecule has 1 N–H and O–H groups in total. The number of unbranched alkanes of at least 4 members (excludes halogenated alkanes) is 1. The molecule has 0 aliphatic carbocycles. The zero-order valence-electron chi connectivity index (χ0n) is 13.2. The molecule has 0 spiro atoms. The minimum Gasteiger partial charge on any atom is -0.316 e. The van der Waals surface area contributed by atoms with Crippen LogP contribution in [0, 0.1) is 11.8 Å². The molecule has 19 heavy (non-hydrogen) atoms. The summed E-state index contributed by atoms with van der Waals surface area (Å²) in [6.45, 7) is 9.96. The van der Waals surface area contributed by atoms with Crippen LogP contribution in [0.25, 0.3) is 0 Å². The third-order valence-corrected chi connectivity index (χ3v) is 5.33. The zero-order chi connectivity index (χ0) is 13.5. The van der Waals surface area contributed by atoms with Crippen molar-refractivity contribution >= 4 is 0 Å². The fourth-order valence-electron chi connectivity index (χ4n) is 4.07. The van der Waals surface area contributed by atoms with Gasteiger partial charge in [0.25, 0.3) is 0 Å². The Kier molecular flexibility index (Phi) is 6.66. The van der Waals surface area contributed by atoms with Gasteiger partial charge in [0.05, 0.1) is 0 Å². The minimum atomic E-state index is 0.892. The van der Waals surface area contributed by atoms with E-state index >= 15 is 0 Å². The molecule has 0 aromatic heterocycles. The highest BCUT2D eigenvalue weighted by molar-refractivity contribution is 4.88. The Labute approximate surface area is 120 Å². The maximum atomic E-state index is 3.61. The third kappa shape index (κ3) is 4.46. The van der Waals surface area contributed by atoms with Crippen LogP contribution in [0.2, 0.25) is 0 Å². The Morgan fingerprint density at radius 2 is 2.11 bits per heavy atom. The minimum absolute atomic E-state index is 0.892. The SMILES string of the molecule is CCCCC(CC)CN1CCCC1C1CCCNC1. The molecule has 2 rings (SSSR count). The lowest BCUT2D eigenvalue weighted by Crippen LogP contribution is -2.44. The summed E-state index contributed by atoms with van der Waals surface area (Å²) in [5, 5.41) is 3.61. The van der Waals surface area contributed by atoms with Gasteiger partial charge in [0, 0.05) is 12.6 Å². The van der Waals surface area contributed by atoms with Gasteiger partial charge in [0.15, 0.2) is 0 Å². The van der Waals surface area contributed by atoms with Crippen molar-refractivity contribution < 1.29 is 0 Å². The van der Waals surface area contributed by atoms with Gasteiger partial charge < -0.3 is 5.32 Å². The summed E-state index contributed by atoms with van der Waals surface area (Å²) >= 11 is 0. The van der Waals surface area contributed by atoms with Gasteiger partial charge in [-0.05, 0) is 63.6 Å². The number of hydrogen-bond donors (Lipinski definition) is 1. The van der Waals surface area contributed by atoms with Crippen molar-refractivity contribution in [3.05, 3.63) is 0 Å². The lowest BCUT2D eigenvalue weighted by atomic mass is 9.89. The first kappa shape index (κ1) is 15.3. The maximum Gasteiger partial charge on any atom is 0.0136 e. The van der Waals surface area contributed by atoms with E-state index in [1.807, 2.05) is 0 Å². The maximum absolute atomic E-state index is 3.61. The standard InChI is InChI=1S/C17H34N2/c1-3-5-8-15(4-2)14-19-12-7-10-17(19)16-9-6-11-18-13-16/h15-18H,3-14H2,1-2H3. The van der Waals surface area contributed by atoms with Crippen LogP contribution in [0.15, 0.2) is 0 Å². The summed E-state index contributed by atoms with van der Waals surface area (Å²) < 4.78 is 0. The third-order valence-electron chi connectivity index (χ3n) is 5.33. The van der Waals surface area contributed by atoms with Crippen LogP contribution in [0.1, 0.15) is 65.2 Å². The molecule has 3 atom stereocenters. The van der Waals surface area contributed by atoms with Crippen molar-refractivity contribution in [2.45, 2.75) is 71.3 Å². The summed E-state index contributed by atoms with van der Waals surface area (Å²) in [6, 6.07) is 0.892. The summed E-state index contributed by atoms with van der Waals surface area (Å²) in [5.41, 5.74) is 0. The molecule has 0 aromatic rings. The largest absolute Gasteiger partial charge is 0.316 e. The smallest absolute Gasteiger partial charge is 0.0136 e. The molecule has 2 saturated heterocycles. The van der Waals surface area contributed by atoms with Gasteiger partial charge in [-0.1, -0.05) is 33.1 Å². The van der Waals surface area contributed by atoms with Crippen molar-refractivity contribution in [2.75, 3.05) is 26.2 Å². The number of piperidine rings is 1. The van der Waals surface area contributed by atoms with Crippen LogP contribution in [0.3, 0.4) is 0 Å². The topological polar surface area (TPSA) is 15.3 Å². The highest BCUT2D eigenvalue weighted by Crippen LogP contribution is 2.29. The molecule has 2 heteroatoms. The van der Waals surface area contributed by atoms with E-state index in [4.69, 9.17) is 0 Å². The van der Waals surface area contributed by atoms with Crippen LogP contribution >= 0.6 is 0 Å². The monoisotopic (exact) mass is 266 g/mol. The van der Waals surface area contributed by atoms with E-state index in [9.17, 15) is 0 Å². The molecule has 0 radical (unpaired) electrons. The van der Waals surface area contributed by atoms with Crippen molar-refractivity contribution in [3.8, 4) is 0 Å². The number of nitrogens with zero attached hydrogens (tertiary/aromatic N) is 1. The molecule has 2 aliphatic rings. The second-order valence-electron chi connectivity index (χ2n) is 6.73. The van der Waals surface area contributed by atoms with Crippen LogP contribution in [0.5, 0.6) is 0 Å². The summed E-state index contributed by atoms with van der Waals surface area (Å²) in [6.07, 6.45) is 11.3. The highest BCUT2D eigenvalue weighted by Gasteiger charge is 2.32. The molecule has 0 saturated carbocycles. The Morgan fingerprint density at radius 1 is 1.21 bits per heavy atom. The van der Waals surface area contributed by atoms with Crippen molar-refractivity contribution in [3.63, 3.8) is 0 Å². The molecule has 0 bridgehead atoms. The lowest BCUT2D eigenvalue weighted by molar-refractivity contribution is 0.140. The van der Waals surface area contributed by atoms with Gasteiger partial charge in [-0.25, -0.2) is 0 Å². The molecule has 112 valence electrons. The molecule has 2 nitrogen and oxygen atoms in total. The van der Waals surface area contributed by atoms with Gasteiger partial charge in [0.2, 0.25) is 0 Å². The predicted molar refractivity (Wildman–Crippen MR) is 83.5 cm³/mol. The molecular weight excluding hydrogens is 232 g/mol. The first-order chi connectivity index (χ1) is 9.35. The van der Waals surface area contributed by atoms with Gasteiger partial charge >= 0.3 is 0 Å². The Balaban J connectivity index is 1.83. The van der Waals surface area contributed by atoms with Crippen LogP contribution in [-0.4, -0.2) is 37.1 Å². The number of hydrogen-bond acceptors (Lipinski definition) is 2. The molecule has 2 aliphatic heterocycles. The second kappa shape index (κ2) is 8.26. The first-order valence-electron chi connectivity index (χ1n) is 8.79. The summed E-state index contributed by atoms with van der Waals surface area (Å²) in [4.78, 5) is 2.85. The van der Waals surface area contributed by atoms with Crippen LogP contribution < -0.4 is 5.32 Å². The van der Waals surface area contributed by atoms with E-state index in [0.29, 0.717) is 0 Å². The predicted octanol–water partition coefficient (Wildman–Crippen LogP) is 3.67. The number of rotatable bonds is 7. The van der Waals surface area contributed by atoms with E-state index in [-0.39, 0.29) is 0 Å². The van der Waals surface area contributed by atoms with E-state index in [2.05, 4.69) is 24.1 Å². The van der Waals surface area contributed by atoms with Crippen molar-refractivity contribution in [1.82, 2.24) is 10.2 Å². The van der Waals surface area contributed by atoms with Crippen LogP contribution in [0.4, 0.5) is 0 Å². The Morgan fingerprint density at radius 3 is 2.79 bits per heavy atom. The number of likely N-dealkylation sites (tertiary alicyclic amines) is 1. The van der Waals surface area contributed by atoms with Gasteiger partial charge in [-0.2, -0.15) is 0 Å². The van der Waals surface area contributed by atoms with E-state index < -0.39 is 0 Å². The Bertz CT molecular complexity index is 235. The average Bonchev–Trinajstić information content (AvgIpc) is 2.92.